The molecule has 6 nitrogen and oxygen atoms in total. The molecule has 2 heterocycles. The number of nitrogen functional groups attached to an aromatic ring is 1. The molecule has 0 saturated carbocycles. The number of piperidine rings is 1. The van der Waals surface area contributed by atoms with Gasteiger partial charge < -0.3 is 21.3 Å². The average molecular weight is 311 g/mol. The highest BCUT2D eigenvalue weighted by Crippen LogP contribution is 2.30. The monoisotopic (exact) mass is 311 g/mol. The third-order valence-corrected chi connectivity index (χ3v) is 4.58. The summed E-state index contributed by atoms with van der Waals surface area (Å²) in [6.07, 6.45) is 1.06. The van der Waals surface area contributed by atoms with E-state index in [1.807, 2.05) is 13.8 Å². The molecule has 1 fully saturated rings. The number of rotatable bonds is 4. The second kappa shape index (κ2) is 6.62. The number of carbonyl (C=O) groups is 1. The van der Waals surface area contributed by atoms with Gasteiger partial charge in [-0.15, -0.1) is 0 Å². The molecular weight excluding hydrogens is 286 g/mol. The number of carbonyl (C=O) groups excluding carboxylic acids is 1. The molecule has 0 radical (unpaired) electrons. The first kappa shape index (κ1) is 16.0. The normalized spacial score (nSPS) is 23.3. The molecule has 1 aromatic rings. The van der Waals surface area contributed by atoms with Crippen LogP contribution < -0.4 is 16.4 Å². The Balaban J connectivity index is 2.12. The van der Waals surface area contributed by atoms with E-state index in [-0.39, 0.29) is 11.9 Å². The maximum Gasteiger partial charge on any atom is 0.258 e. The Hall–Kier alpha value is -1.34. The van der Waals surface area contributed by atoms with Crippen LogP contribution in [-0.4, -0.2) is 47.4 Å². The Labute approximate surface area is 130 Å². The standard InChI is InChI=1S/C14H25N5OS/c1-8(2)16-13(20)11-12(15)18-21-14(11)17-10-5-6-19(4)7-9(10)3/h8-10,17H,5-7H2,1-4H3,(H2,15,18)(H,16,20). The molecule has 0 aliphatic carbocycles. The minimum Gasteiger partial charge on any atom is -0.382 e. The van der Waals surface area contributed by atoms with E-state index >= 15 is 0 Å². The Bertz CT molecular complexity index is 502. The van der Waals surface area contributed by atoms with Crippen molar-refractivity contribution >= 4 is 28.3 Å². The summed E-state index contributed by atoms with van der Waals surface area (Å²) < 4.78 is 4.14. The lowest BCUT2D eigenvalue weighted by molar-refractivity contribution is 0.0945. The van der Waals surface area contributed by atoms with Crippen molar-refractivity contribution in [1.82, 2.24) is 14.6 Å². The molecule has 0 bridgehead atoms. The van der Waals surface area contributed by atoms with Crippen molar-refractivity contribution < 1.29 is 4.79 Å². The van der Waals surface area contributed by atoms with Crippen LogP contribution in [0.3, 0.4) is 0 Å². The number of hydrogen-bond acceptors (Lipinski definition) is 6. The zero-order valence-corrected chi connectivity index (χ0v) is 14.0. The smallest absolute Gasteiger partial charge is 0.258 e. The lowest BCUT2D eigenvalue weighted by atomic mass is 9.94. The number of hydrogen-bond donors (Lipinski definition) is 3. The summed E-state index contributed by atoms with van der Waals surface area (Å²) in [5, 5.41) is 7.15. The van der Waals surface area contributed by atoms with Gasteiger partial charge in [0.15, 0.2) is 5.82 Å². The first-order valence-electron chi connectivity index (χ1n) is 7.39. The zero-order chi connectivity index (χ0) is 15.6. The predicted molar refractivity (Wildman–Crippen MR) is 87.8 cm³/mol. The maximum atomic E-state index is 12.3. The van der Waals surface area contributed by atoms with Gasteiger partial charge in [-0.25, -0.2) is 0 Å². The zero-order valence-electron chi connectivity index (χ0n) is 13.1. The van der Waals surface area contributed by atoms with Crippen LogP contribution in [0, 0.1) is 5.92 Å². The highest BCUT2D eigenvalue weighted by atomic mass is 32.1. The second-order valence-electron chi connectivity index (χ2n) is 6.18. The van der Waals surface area contributed by atoms with Crippen LogP contribution in [0.5, 0.6) is 0 Å². The van der Waals surface area contributed by atoms with Crippen LogP contribution in [-0.2, 0) is 0 Å². The summed E-state index contributed by atoms with van der Waals surface area (Å²) in [5.74, 6) is 0.675. The van der Waals surface area contributed by atoms with Crippen molar-refractivity contribution in [1.29, 1.82) is 0 Å². The van der Waals surface area contributed by atoms with Gasteiger partial charge in [-0.1, -0.05) is 6.92 Å². The van der Waals surface area contributed by atoms with Gasteiger partial charge in [0.1, 0.15) is 10.6 Å². The summed E-state index contributed by atoms with van der Waals surface area (Å²) in [5.41, 5.74) is 6.36. The number of amides is 1. The Morgan fingerprint density at radius 1 is 1.52 bits per heavy atom. The van der Waals surface area contributed by atoms with Gasteiger partial charge in [-0.2, -0.15) is 4.37 Å². The van der Waals surface area contributed by atoms with Crippen LogP contribution in [0.2, 0.25) is 0 Å². The fraction of sp³-hybridized carbons (Fsp3) is 0.714. The fourth-order valence-electron chi connectivity index (χ4n) is 2.69. The summed E-state index contributed by atoms with van der Waals surface area (Å²) in [4.78, 5) is 14.6. The summed E-state index contributed by atoms with van der Waals surface area (Å²) in [6.45, 7) is 8.20. The van der Waals surface area contributed by atoms with Gasteiger partial charge in [-0.05, 0) is 51.3 Å². The molecule has 1 aliphatic heterocycles. The van der Waals surface area contributed by atoms with Gasteiger partial charge >= 0.3 is 0 Å². The highest BCUT2D eigenvalue weighted by Gasteiger charge is 2.27. The molecule has 1 amide bonds. The number of nitrogens with one attached hydrogen (secondary N) is 2. The van der Waals surface area contributed by atoms with E-state index in [4.69, 9.17) is 5.73 Å². The van der Waals surface area contributed by atoms with Crippen molar-refractivity contribution in [2.45, 2.75) is 39.3 Å². The Morgan fingerprint density at radius 3 is 2.86 bits per heavy atom. The van der Waals surface area contributed by atoms with Crippen molar-refractivity contribution in [3.63, 3.8) is 0 Å². The topological polar surface area (TPSA) is 83.3 Å². The Morgan fingerprint density at radius 2 is 2.24 bits per heavy atom. The minimum atomic E-state index is -0.153. The number of aromatic nitrogens is 1. The fourth-order valence-corrected chi connectivity index (χ4v) is 3.47. The molecule has 2 unspecified atom stereocenters. The van der Waals surface area contributed by atoms with Crippen molar-refractivity contribution in [2.75, 3.05) is 31.2 Å². The van der Waals surface area contributed by atoms with E-state index in [1.54, 1.807) is 0 Å². The predicted octanol–water partition coefficient (Wildman–Crippen LogP) is 1.62. The number of nitrogens with two attached hydrogens (primary N) is 1. The van der Waals surface area contributed by atoms with Gasteiger partial charge in [0, 0.05) is 18.6 Å². The quantitative estimate of drug-likeness (QED) is 0.787. The first-order chi connectivity index (χ1) is 9.88. The number of nitrogens with zero attached hydrogens (tertiary/aromatic N) is 2. The number of likely N-dealkylation sites (tertiary alicyclic amines) is 1. The van der Waals surface area contributed by atoms with Gasteiger partial charge in [0.25, 0.3) is 5.91 Å². The lowest BCUT2D eigenvalue weighted by Gasteiger charge is -2.35. The molecule has 2 rings (SSSR count). The molecule has 4 N–H and O–H groups in total. The van der Waals surface area contributed by atoms with E-state index in [2.05, 4.69) is 33.9 Å². The molecular formula is C14H25N5OS. The third kappa shape index (κ3) is 3.85. The highest BCUT2D eigenvalue weighted by molar-refractivity contribution is 7.11. The largest absolute Gasteiger partial charge is 0.382 e. The molecule has 2 atom stereocenters. The van der Waals surface area contributed by atoms with Crippen molar-refractivity contribution in [2.24, 2.45) is 5.92 Å². The van der Waals surface area contributed by atoms with Crippen LogP contribution in [0.4, 0.5) is 10.8 Å². The maximum absolute atomic E-state index is 12.3. The summed E-state index contributed by atoms with van der Waals surface area (Å²) in [7, 11) is 2.14. The van der Waals surface area contributed by atoms with E-state index in [0.717, 1.165) is 24.5 Å². The molecule has 0 spiro atoms. The molecule has 1 aliphatic rings. The second-order valence-corrected chi connectivity index (χ2v) is 6.95. The van der Waals surface area contributed by atoms with Gasteiger partial charge in [-0.3, -0.25) is 4.79 Å². The van der Waals surface area contributed by atoms with Gasteiger partial charge in [0.2, 0.25) is 0 Å². The van der Waals surface area contributed by atoms with Crippen LogP contribution in [0.1, 0.15) is 37.6 Å². The third-order valence-electron chi connectivity index (χ3n) is 3.79. The van der Waals surface area contributed by atoms with Gasteiger partial charge in [0.05, 0.1) is 0 Å². The summed E-state index contributed by atoms with van der Waals surface area (Å²) >= 11 is 1.27. The van der Waals surface area contributed by atoms with Crippen molar-refractivity contribution in [3.8, 4) is 0 Å². The van der Waals surface area contributed by atoms with Crippen LogP contribution in [0.15, 0.2) is 0 Å². The Kier molecular flexibility index (Phi) is 5.05. The van der Waals surface area contributed by atoms with E-state index in [0.29, 0.717) is 23.3 Å². The summed E-state index contributed by atoms with van der Waals surface area (Å²) in [6, 6.07) is 0.429. The van der Waals surface area contributed by atoms with Crippen LogP contribution in [0.25, 0.3) is 0 Å². The molecule has 7 heteroatoms. The molecule has 118 valence electrons. The molecule has 1 saturated heterocycles. The first-order valence-corrected chi connectivity index (χ1v) is 8.17. The lowest BCUT2D eigenvalue weighted by Crippen LogP contribution is -2.43. The van der Waals surface area contributed by atoms with E-state index < -0.39 is 0 Å². The SMILES string of the molecule is CC(C)NC(=O)c1c(N)nsc1NC1CCN(C)CC1C. The van der Waals surface area contributed by atoms with E-state index in [1.165, 1.54) is 11.5 Å². The molecule has 21 heavy (non-hydrogen) atoms. The number of anilines is 2. The molecule has 1 aromatic heterocycles. The minimum absolute atomic E-state index is 0.0758. The average Bonchev–Trinajstić information content (AvgIpc) is 2.73. The van der Waals surface area contributed by atoms with Crippen LogP contribution >= 0.6 is 11.5 Å². The van der Waals surface area contributed by atoms with E-state index in [9.17, 15) is 4.79 Å². The molecule has 0 aromatic carbocycles. The van der Waals surface area contributed by atoms with Crippen molar-refractivity contribution in [3.05, 3.63) is 5.56 Å².